The molecule has 0 bridgehead atoms. The molecule has 0 saturated heterocycles. The van der Waals surface area contributed by atoms with Crippen molar-refractivity contribution >= 4 is 5.91 Å². The van der Waals surface area contributed by atoms with Crippen molar-refractivity contribution in [3.05, 3.63) is 35.4 Å². The lowest BCUT2D eigenvalue weighted by Gasteiger charge is -2.08. The molecule has 19 heavy (non-hydrogen) atoms. The smallest absolute Gasteiger partial charge is 0.352 e. The zero-order valence-corrected chi connectivity index (χ0v) is 10.5. The van der Waals surface area contributed by atoms with Gasteiger partial charge in [-0.2, -0.15) is 13.2 Å². The van der Waals surface area contributed by atoms with Gasteiger partial charge in [0.25, 0.3) is 5.91 Å². The Morgan fingerprint density at radius 2 is 2.00 bits per heavy atom. The minimum absolute atomic E-state index is 0.0205. The summed E-state index contributed by atoms with van der Waals surface area (Å²) in [5.74, 6) is -0.290. The van der Waals surface area contributed by atoms with E-state index in [1.54, 1.807) is 24.3 Å². The first-order chi connectivity index (χ1) is 8.92. The number of nitrogens with one attached hydrogen (secondary N) is 1. The summed E-state index contributed by atoms with van der Waals surface area (Å²) in [6, 6.07) is 6.84. The summed E-state index contributed by atoms with van der Waals surface area (Å²) in [5, 5.41) is 2.59. The summed E-state index contributed by atoms with van der Waals surface area (Å²) >= 11 is 0. The van der Waals surface area contributed by atoms with Crippen LogP contribution in [0.15, 0.2) is 24.3 Å². The molecule has 0 saturated carbocycles. The van der Waals surface area contributed by atoms with Crippen molar-refractivity contribution in [2.75, 3.05) is 6.54 Å². The van der Waals surface area contributed by atoms with Gasteiger partial charge in [0.1, 0.15) is 0 Å². The molecule has 0 aliphatic heterocycles. The number of rotatable bonds is 6. The molecule has 3 nitrogen and oxygen atoms in total. The number of carbonyl (C=O) groups is 1. The van der Waals surface area contributed by atoms with Crippen LogP contribution in [0.5, 0.6) is 0 Å². The molecule has 106 valence electrons. The normalized spacial score (nSPS) is 11.4. The quantitative estimate of drug-likeness (QED) is 0.783. The molecule has 0 radical (unpaired) electrons. The van der Waals surface area contributed by atoms with Gasteiger partial charge in [0, 0.05) is 25.1 Å². The van der Waals surface area contributed by atoms with Crippen LogP contribution in [-0.4, -0.2) is 18.6 Å². The van der Waals surface area contributed by atoms with Crippen molar-refractivity contribution in [1.29, 1.82) is 0 Å². The van der Waals surface area contributed by atoms with Gasteiger partial charge < -0.3 is 11.1 Å². The van der Waals surface area contributed by atoms with Gasteiger partial charge >= 0.3 is 6.18 Å². The molecule has 6 heteroatoms. The molecular weight excluding hydrogens is 257 g/mol. The Labute approximate surface area is 110 Å². The van der Waals surface area contributed by atoms with Crippen molar-refractivity contribution < 1.29 is 18.0 Å². The zero-order chi connectivity index (χ0) is 14.3. The molecule has 1 aromatic rings. The minimum Gasteiger partial charge on any atom is -0.352 e. The molecule has 0 aliphatic rings. The Hall–Kier alpha value is -1.56. The van der Waals surface area contributed by atoms with Gasteiger partial charge in [-0.25, -0.2) is 0 Å². The van der Waals surface area contributed by atoms with Crippen LogP contribution in [-0.2, 0) is 6.54 Å². The van der Waals surface area contributed by atoms with Crippen molar-refractivity contribution in [3.63, 3.8) is 0 Å². The number of hydrogen-bond acceptors (Lipinski definition) is 2. The zero-order valence-electron chi connectivity index (χ0n) is 10.5. The van der Waals surface area contributed by atoms with Gasteiger partial charge in [-0.1, -0.05) is 12.1 Å². The highest BCUT2D eigenvalue weighted by molar-refractivity contribution is 5.94. The highest BCUT2D eigenvalue weighted by Gasteiger charge is 2.25. The standard InChI is InChI=1S/C13H17F3N2O/c14-13(15,16)6-1-2-7-18-12(19)11-5-3-4-10(8-11)9-17/h3-5,8H,1-2,6-7,9,17H2,(H,18,19). The predicted molar refractivity (Wildman–Crippen MR) is 66.6 cm³/mol. The number of nitrogens with two attached hydrogens (primary N) is 1. The average Bonchev–Trinajstić information content (AvgIpc) is 2.37. The van der Waals surface area contributed by atoms with Crippen molar-refractivity contribution in [3.8, 4) is 0 Å². The Balaban J connectivity index is 2.31. The summed E-state index contributed by atoms with van der Waals surface area (Å²) in [6.07, 6.45) is -4.61. The monoisotopic (exact) mass is 274 g/mol. The van der Waals surface area contributed by atoms with E-state index < -0.39 is 12.6 Å². The van der Waals surface area contributed by atoms with Crippen LogP contribution in [0.25, 0.3) is 0 Å². The third kappa shape index (κ3) is 6.24. The summed E-state index contributed by atoms with van der Waals surface area (Å²) in [4.78, 5) is 11.7. The average molecular weight is 274 g/mol. The Morgan fingerprint density at radius 3 is 2.63 bits per heavy atom. The Morgan fingerprint density at radius 1 is 1.26 bits per heavy atom. The maximum Gasteiger partial charge on any atom is 0.389 e. The third-order valence-corrected chi connectivity index (χ3v) is 2.60. The second-order valence-corrected chi connectivity index (χ2v) is 4.23. The predicted octanol–water partition coefficient (Wildman–Crippen LogP) is 2.61. The topological polar surface area (TPSA) is 55.1 Å². The van der Waals surface area contributed by atoms with E-state index in [9.17, 15) is 18.0 Å². The molecule has 3 N–H and O–H groups in total. The van der Waals surface area contributed by atoms with E-state index in [2.05, 4.69) is 5.32 Å². The van der Waals surface area contributed by atoms with Gasteiger partial charge in [0.05, 0.1) is 0 Å². The van der Waals surface area contributed by atoms with E-state index in [1.807, 2.05) is 0 Å². The molecule has 0 heterocycles. The van der Waals surface area contributed by atoms with E-state index >= 15 is 0 Å². The van der Waals surface area contributed by atoms with E-state index in [1.165, 1.54) is 0 Å². The first kappa shape index (κ1) is 15.5. The lowest BCUT2D eigenvalue weighted by Crippen LogP contribution is -2.24. The van der Waals surface area contributed by atoms with Gasteiger partial charge in [-0.3, -0.25) is 4.79 Å². The largest absolute Gasteiger partial charge is 0.389 e. The fraction of sp³-hybridized carbons (Fsp3) is 0.462. The van der Waals surface area contributed by atoms with Crippen LogP contribution >= 0.6 is 0 Å². The van der Waals surface area contributed by atoms with E-state index in [-0.39, 0.29) is 18.9 Å². The first-order valence-electron chi connectivity index (χ1n) is 6.06. The number of benzene rings is 1. The summed E-state index contributed by atoms with van der Waals surface area (Å²) in [5.41, 5.74) is 6.77. The molecule has 0 aromatic heterocycles. The molecular formula is C13H17F3N2O. The van der Waals surface area contributed by atoms with Crippen LogP contribution in [0.3, 0.4) is 0 Å². The summed E-state index contributed by atoms with van der Waals surface area (Å²) in [7, 11) is 0. The van der Waals surface area contributed by atoms with Crippen molar-refractivity contribution in [2.45, 2.75) is 32.0 Å². The molecule has 1 amide bonds. The van der Waals surface area contributed by atoms with E-state index in [4.69, 9.17) is 5.73 Å². The van der Waals surface area contributed by atoms with Crippen molar-refractivity contribution in [1.82, 2.24) is 5.32 Å². The lowest BCUT2D eigenvalue weighted by atomic mass is 10.1. The fourth-order valence-corrected chi connectivity index (χ4v) is 1.59. The summed E-state index contributed by atoms with van der Waals surface area (Å²) in [6.45, 7) is 0.578. The molecule has 1 aromatic carbocycles. The number of halogens is 3. The van der Waals surface area contributed by atoms with Crippen LogP contribution in [0, 0.1) is 0 Å². The molecule has 0 aliphatic carbocycles. The van der Waals surface area contributed by atoms with Gasteiger partial charge in [0.15, 0.2) is 0 Å². The number of carbonyl (C=O) groups excluding carboxylic acids is 1. The highest BCUT2D eigenvalue weighted by Crippen LogP contribution is 2.21. The maximum atomic E-state index is 11.9. The second-order valence-electron chi connectivity index (χ2n) is 4.23. The SMILES string of the molecule is NCc1cccc(C(=O)NCCCCC(F)(F)F)c1. The van der Waals surface area contributed by atoms with Crippen molar-refractivity contribution in [2.24, 2.45) is 5.73 Å². The number of alkyl halides is 3. The minimum atomic E-state index is -4.13. The molecule has 1 rings (SSSR count). The van der Waals surface area contributed by atoms with Crippen LogP contribution in [0.1, 0.15) is 35.2 Å². The van der Waals surface area contributed by atoms with Gasteiger partial charge in [-0.15, -0.1) is 0 Å². The van der Waals surface area contributed by atoms with Crippen LogP contribution < -0.4 is 11.1 Å². The van der Waals surface area contributed by atoms with Crippen LogP contribution in [0.2, 0.25) is 0 Å². The molecule has 0 atom stereocenters. The fourth-order valence-electron chi connectivity index (χ4n) is 1.59. The van der Waals surface area contributed by atoms with Gasteiger partial charge in [0.2, 0.25) is 0 Å². The first-order valence-corrected chi connectivity index (χ1v) is 6.06. The molecule has 0 spiro atoms. The number of unbranched alkanes of at least 4 members (excludes halogenated alkanes) is 1. The number of amides is 1. The van der Waals surface area contributed by atoms with E-state index in [0.717, 1.165) is 5.56 Å². The van der Waals surface area contributed by atoms with Crippen LogP contribution in [0.4, 0.5) is 13.2 Å². The highest BCUT2D eigenvalue weighted by atomic mass is 19.4. The van der Waals surface area contributed by atoms with Gasteiger partial charge in [-0.05, 0) is 30.5 Å². The third-order valence-electron chi connectivity index (χ3n) is 2.60. The second kappa shape index (κ2) is 7.13. The Kier molecular flexibility index (Phi) is 5.82. The maximum absolute atomic E-state index is 11.9. The number of hydrogen-bond donors (Lipinski definition) is 2. The molecule has 0 unspecified atom stereocenters. The lowest BCUT2D eigenvalue weighted by molar-refractivity contribution is -0.135. The van der Waals surface area contributed by atoms with E-state index in [0.29, 0.717) is 18.5 Å². The molecule has 0 fully saturated rings. The Bertz CT molecular complexity index is 419. The summed E-state index contributed by atoms with van der Waals surface area (Å²) < 4.78 is 35.7.